The number of fused-ring (bicyclic) bond motifs is 1. The first-order chi connectivity index (χ1) is 12.7. The summed E-state index contributed by atoms with van der Waals surface area (Å²) >= 11 is 0. The molecule has 2 nitrogen and oxygen atoms in total. The summed E-state index contributed by atoms with van der Waals surface area (Å²) in [5.41, 5.74) is 0.898. The van der Waals surface area contributed by atoms with E-state index in [4.69, 9.17) is 0 Å². The first kappa shape index (κ1) is 20.6. The van der Waals surface area contributed by atoms with Gasteiger partial charge in [0.05, 0.1) is 19.6 Å². The third kappa shape index (κ3) is 5.41. The van der Waals surface area contributed by atoms with Crippen molar-refractivity contribution in [3.05, 3.63) is 48.0 Å². The molecule has 0 bridgehead atoms. The second-order valence-electron chi connectivity index (χ2n) is 7.68. The van der Waals surface area contributed by atoms with E-state index < -0.39 is 0 Å². The molecule has 0 unspecified atom stereocenters. The zero-order valence-electron chi connectivity index (χ0n) is 17.0. The molecule has 2 aromatic rings. The van der Waals surface area contributed by atoms with Crippen LogP contribution >= 0.6 is 0 Å². The third-order valence-electron chi connectivity index (χ3n) is 5.53. The summed E-state index contributed by atoms with van der Waals surface area (Å²) in [6.07, 6.45) is 7.20. The normalized spacial score (nSPS) is 11.8. The van der Waals surface area contributed by atoms with Gasteiger partial charge < -0.3 is 4.48 Å². The Kier molecular flexibility index (Phi) is 8.31. The number of quaternary nitrogens is 1. The maximum absolute atomic E-state index is 13.3. The van der Waals surface area contributed by atoms with Crippen molar-refractivity contribution >= 4 is 16.6 Å². The van der Waals surface area contributed by atoms with Gasteiger partial charge in [-0.2, -0.15) is 0 Å². The van der Waals surface area contributed by atoms with E-state index in [2.05, 4.69) is 39.0 Å². The van der Waals surface area contributed by atoms with Gasteiger partial charge in [0.15, 0.2) is 0 Å². The number of carbonyl (C=O) groups excluding carboxylic acids is 1. The zero-order valence-corrected chi connectivity index (χ0v) is 17.0. The summed E-state index contributed by atoms with van der Waals surface area (Å²) in [5.74, 6) is 0.310. The molecule has 0 amide bonds. The van der Waals surface area contributed by atoms with Crippen molar-refractivity contribution in [3.8, 4) is 0 Å². The van der Waals surface area contributed by atoms with Crippen molar-refractivity contribution in [1.29, 1.82) is 0 Å². The average molecular weight is 355 g/mol. The van der Waals surface area contributed by atoms with Gasteiger partial charge in [-0.3, -0.25) is 4.79 Å². The lowest BCUT2D eigenvalue weighted by Crippen LogP contribution is -2.53. The lowest BCUT2D eigenvalue weighted by atomic mass is 10.00. The minimum absolute atomic E-state index is 0.310. The van der Waals surface area contributed by atoms with Gasteiger partial charge in [0.1, 0.15) is 6.54 Å². The number of ketones is 1. The Labute approximate surface area is 159 Å². The summed E-state index contributed by atoms with van der Waals surface area (Å²) in [6, 6.07) is 14.4. The predicted octanol–water partition coefficient (Wildman–Crippen LogP) is 6.24. The molecule has 0 atom stereocenters. The Morgan fingerprint density at radius 3 is 1.88 bits per heavy atom. The monoisotopic (exact) mass is 354 g/mol. The van der Waals surface area contributed by atoms with E-state index in [-0.39, 0.29) is 0 Å². The van der Waals surface area contributed by atoms with Gasteiger partial charge in [0, 0.05) is 5.56 Å². The van der Waals surface area contributed by atoms with Gasteiger partial charge in [-0.15, -0.1) is 0 Å². The van der Waals surface area contributed by atoms with Gasteiger partial charge in [-0.05, 0) is 30.0 Å². The minimum Gasteiger partial charge on any atom is -0.317 e. The maximum Gasteiger partial charge on any atom is 0.217 e. The number of benzene rings is 2. The highest BCUT2D eigenvalue weighted by Crippen LogP contribution is 2.22. The maximum atomic E-state index is 13.3. The Morgan fingerprint density at radius 1 is 0.769 bits per heavy atom. The van der Waals surface area contributed by atoms with E-state index in [1.165, 1.54) is 38.5 Å². The van der Waals surface area contributed by atoms with Gasteiger partial charge in [-0.25, -0.2) is 0 Å². The van der Waals surface area contributed by atoms with E-state index in [0.29, 0.717) is 12.3 Å². The first-order valence-electron chi connectivity index (χ1n) is 10.5. The van der Waals surface area contributed by atoms with E-state index >= 15 is 0 Å². The first-order valence-corrected chi connectivity index (χ1v) is 10.5. The fourth-order valence-corrected chi connectivity index (χ4v) is 3.91. The van der Waals surface area contributed by atoms with Crippen molar-refractivity contribution < 1.29 is 9.28 Å². The third-order valence-corrected chi connectivity index (χ3v) is 5.53. The molecule has 0 fully saturated rings. The molecule has 0 spiro atoms. The van der Waals surface area contributed by atoms with Crippen molar-refractivity contribution in [2.75, 3.05) is 26.2 Å². The highest BCUT2D eigenvalue weighted by Gasteiger charge is 2.30. The van der Waals surface area contributed by atoms with Crippen LogP contribution < -0.4 is 0 Å². The number of hydrogen-bond acceptors (Lipinski definition) is 1. The molecule has 2 rings (SSSR count). The summed E-state index contributed by atoms with van der Waals surface area (Å²) in [7, 11) is 0. The highest BCUT2D eigenvalue weighted by molar-refractivity contribution is 6.08. The van der Waals surface area contributed by atoms with E-state index in [1.807, 2.05) is 24.3 Å². The molecule has 2 heteroatoms. The Hall–Kier alpha value is -1.67. The number of unbranched alkanes of at least 4 members (excludes halogenated alkanes) is 3. The Bertz CT molecular complexity index is 664. The number of hydrogen-bond donors (Lipinski definition) is 0. The number of carbonyl (C=O) groups is 1. The molecule has 0 aliphatic rings. The molecule has 142 valence electrons. The molecular weight excluding hydrogens is 318 g/mol. The second kappa shape index (κ2) is 10.5. The van der Waals surface area contributed by atoms with Crippen LogP contribution in [0.5, 0.6) is 0 Å². The number of nitrogens with zero attached hydrogens (tertiary/aromatic N) is 1. The minimum atomic E-state index is 0.310. The molecule has 0 saturated heterocycles. The average Bonchev–Trinajstić information content (AvgIpc) is 2.68. The molecule has 0 saturated carbocycles. The molecule has 0 radical (unpaired) electrons. The lowest BCUT2D eigenvalue weighted by Gasteiger charge is -2.38. The van der Waals surface area contributed by atoms with Crippen LogP contribution in [0.1, 0.15) is 69.7 Å². The summed E-state index contributed by atoms with van der Waals surface area (Å²) in [5, 5.41) is 2.26. The number of Topliss-reactive ketones (excluding diaryl/α,β-unsaturated/α-hetero) is 1. The van der Waals surface area contributed by atoms with Gasteiger partial charge in [-0.1, -0.05) is 82.5 Å². The molecule has 0 aliphatic carbocycles. The fourth-order valence-electron chi connectivity index (χ4n) is 3.91. The summed E-state index contributed by atoms with van der Waals surface area (Å²) < 4.78 is 0.970. The van der Waals surface area contributed by atoms with E-state index in [9.17, 15) is 4.79 Å². The van der Waals surface area contributed by atoms with Crippen LogP contribution in [0.15, 0.2) is 42.5 Å². The smallest absolute Gasteiger partial charge is 0.217 e. The zero-order chi connectivity index (χ0) is 18.8. The van der Waals surface area contributed by atoms with Crippen LogP contribution in [0.25, 0.3) is 10.8 Å². The topological polar surface area (TPSA) is 17.1 Å². The van der Waals surface area contributed by atoms with Crippen LogP contribution in [0.2, 0.25) is 0 Å². The molecule has 0 aliphatic heterocycles. The number of rotatable bonds is 12. The van der Waals surface area contributed by atoms with E-state index in [0.717, 1.165) is 40.5 Å². The van der Waals surface area contributed by atoms with Crippen LogP contribution in [0.3, 0.4) is 0 Å². The summed E-state index contributed by atoms with van der Waals surface area (Å²) in [6.45, 7) is 10.8. The van der Waals surface area contributed by atoms with Crippen molar-refractivity contribution in [2.24, 2.45) is 0 Å². The molecule has 26 heavy (non-hydrogen) atoms. The van der Waals surface area contributed by atoms with Gasteiger partial charge in [0.2, 0.25) is 5.78 Å². The Balaban J connectivity index is 2.30. The quantitative estimate of drug-likeness (QED) is 0.326. The van der Waals surface area contributed by atoms with Crippen LogP contribution in [-0.2, 0) is 0 Å². The standard InChI is InChI=1S/C24H36NO/c1-4-7-17-25(18-8-5-2,19-9-6-3)20-24(26)23-16-12-14-21-13-10-11-15-22(21)23/h10-16H,4-9,17-20H2,1-3H3/q+1. The Morgan fingerprint density at radius 2 is 1.31 bits per heavy atom. The van der Waals surface area contributed by atoms with Crippen molar-refractivity contribution in [3.63, 3.8) is 0 Å². The summed E-state index contributed by atoms with van der Waals surface area (Å²) in [4.78, 5) is 13.3. The van der Waals surface area contributed by atoms with Crippen LogP contribution in [0.4, 0.5) is 0 Å². The predicted molar refractivity (Wildman–Crippen MR) is 113 cm³/mol. The van der Waals surface area contributed by atoms with Crippen LogP contribution in [-0.4, -0.2) is 36.4 Å². The van der Waals surface area contributed by atoms with Gasteiger partial charge >= 0.3 is 0 Å². The SMILES string of the molecule is CCCC[N+](CCCC)(CCCC)CC(=O)c1cccc2ccccc12. The fraction of sp³-hybridized carbons (Fsp3) is 0.542. The van der Waals surface area contributed by atoms with Crippen molar-refractivity contribution in [2.45, 2.75) is 59.3 Å². The van der Waals surface area contributed by atoms with E-state index in [1.54, 1.807) is 0 Å². The molecule has 0 heterocycles. The highest BCUT2D eigenvalue weighted by atomic mass is 16.1. The molecular formula is C24H36NO+. The van der Waals surface area contributed by atoms with Crippen molar-refractivity contribution in [1.82, 2.24) is 0 Å². The lowest BCUT2D eigenvalue weighted by molar-refractivity contribution is -0.921. The molecule has 2 aromatic carbocycles. The van der Waals surface area contributed by atoms with Crippen LogP contribution in [0, 0.1) is 0 Å². The largest absolute Gasteiger partial charge is 0.317 e. The molecule has 0 N–H and O–H groups in total. The van der Waals surface area contributed by atoms with Gasteiger partial charge in [0.25, 0.3) is 0 Å². The second-order valence-corrected chi connectivity index (χ2v) is 7.68. The molecule has 0 aromatic heterocycles.